The van der Waals surface area contributed by atoms with E-state index in [1.165, 1.54) is 0 Å². The summed E-state index contributed by atoms with van der Waals surface area (Å²) in [5.74, 6) is -0.0902. The molecule has 0 aliphatic carbocycles. The molecule has 0 aromatic rings. The molecule has 0 saturated carbocycles. The third-order valence-electron chi connectivity index (χ3n) is 3.13. The van der Waals surface area contributed by atoms with Crippen LogP contribution in [-0.2, 0) is 9.53 Å². The van der Waals surface area contributed by atoms with Crippen LogP contribution >= 0.6 is 12.4 Å². The van der Waals surface area contributed by atoms with Gasteiger partial charge >= 0.3 is 0 Å². The molecule has 0 bridgehead atoms. The van der Waals surface area contributed by atoms with E-state index in [0.29, 0.717) is 6.04 Å². The molecular formula is C11H24ClN3O2. The van der Waals surface area contributed by atoms with Gasteiger partial charge in [-0.2, -0.15) is 0 Å². The number of carbonyl (C=O) groups excluding carboxylic acids is 1. The Bertz CT molecular complexity index is 233. The van der Waals surface area contributed by atoms with Crippen molar-refractivity contribution in [2.75, 3.05) is 26.3 Å². The van der Waals surface area contributed by atoms with Crippen LogP contribution in [0.1, 0.15) is 20.8 Å². The lowest BCUT2D eigenvalue weighted by atomic mass is 10.1. The average molecular weight is 266 g/mol. The monoisotopic (exact) mass is 265 g/mol. The zero-order chi connectivity index (χ0) is 12.1. The van der Waals surface area contributed by atoms with Gasteiger partial charge in [-0.15, -0.1) is 12.4 Å². The van der Waals surface area contributed by atoms with Crippen molar-refractivity contribution >= 4 is 18.3 Å². The van der Waals surface area contributed by atoms with Crippen LogP contribution in [0, 0.1) is 0 Å². The average Bonchev–Trinajstić information content (AvgIpc) is 2.28. The predicted molar refractivity (Wildman–Crippen MR) is 70.4 cm³/mol. The van der Waals surface area contributed by atoms with Crippen molar-refractivity contribution in [2.45, 2.75) is 38.9 Å². The fourth-order valence-electron chi connectivity index (χ4n) is 1.78. The van der Waals surface area contributed by atoms with Gasteiger partial charge in [0.05, 0.1) is 19.3 Å². The van der Waals surface area contributed by atoms with Gasteiger partial charge in [-0.25, -0.2) is 0 Å². The van der Waals surface area contributed by atoms with Crippen molar-refractivity contribution in [3.63, 3.8) is 0 Å². The maximum Gasteiger partial charge on any atom is 0.236 e. The summed E-state index contributed by atoms with van der Waals surface area (Å²) in [7, 11) is 0. The second-order valence-corrected chi connectivity index (χ2v) is 4.47. The van der Waals surface area contributed by atoms with Crippen molar-refractivity contribution in [1.82, 2.24) is 10.2 Å². The molecule has 3 atom stereocenters. The molecule has 1 amide bonds. The summed E-state index contributed by atoms with van der Waals surface area (Å²) >= 11 is 0. The molecule has 6 heteroatoms. The Morgan fingerprint density at radius 1 is 1.29 bits per heavy atom. The SMILES string of the molecule is CC(N)C(=O)NC(C)C(C)N1CCOCC1.Cl. The molecular weight excluding hydrogens is 242 g/mol. The number of nitrogens with zero attached hydrogens (tertiary/aromatic N) is 1. The first-order valence-corrected chi connectivity index (χ1v) is 5.90. The number of ether oxygens (including phenoxy) is 1. The van der Waals surface area contributed by atoms with Crippen molar-refractivity contribution in [3.8, 4) is 0 Å². The highest BCUT2D eigenvalue weighted by Gasteiger charge is 2.23. The van der Waals surface area contributed by atoms with Gasteiger partial charge in [0, 0.05) is 25.2 Å². The molecule has 1 fully saturated rings. The lowest BCUT2D eigenvalue weighted by Crippen LogP contribution is -2.54. The molecule has 1 rings (SSSR count). The zero-order valence-electron chi connectivity index (χ0n) is 10.8. The van der Waals surface area contributed by atoms with E-state index in [1.54, 1.807) is 6.92 Å². The van der Waals surface area contributed by atoms with Crippen LogP contribution in [-0.4, -0.2) is 55.2 Å². The van der Waals surface area contributed by atoms with Crippen LogP contribution in [0.5, 0.6) is 0 Å². The fraction of sp³-hybridized carbons (Fsp3) is 0.909. The molecule has 1 heterocycles. The Kier molecular flexibility index (Phi) is 7.70. The van der Waals surface area contributed by atoms with Crippen LogP contribution in [0.3, 0.4) is 0 Å². The Hall–Kier alpha value is -0.360. The standard InChI is InChI=1S/C11H23N3O2.ClH/c1-8(12)11(15)13-9(2)10(3)14-4-6-16-7-5-14;/h8-10H,4-7,12H2,1-3H3,(H,13,15);1H. The molecule has 5 nitrogen and oxygen atoms in total. The van der Waals surface area contributed by atoms with Crippen molar-refractivity contribution in [3.05, 3.63) is 0 Å². The molecule has 0 radical (unpaired) electrons. The molecule has 17 heavy (non-hydrogen) atoms. The number of morpholine rings is 1. The highest BCUT2D eigenvalue weighted by Crippen LogP contribution is 2.07. The summed E-state index contributed by atoms with van der Waals surface area (Å²) in [6.07, 6.45) is 0. The number of hydrogen-bond donors (Lipinski definition) is 2. The molecule has 1 aliphatic rings. The second kappa shape index (κ2) is 7.87. The van der Waals surface area contributed by atoms with Gasteiger partial charge in [-0.1, -0.05) is 0 Å². The first-order chi connectivity index (χ1) is 7.52. The van der Waals surface area contributed by atoms with Crippen LogP contribution in [0.15, 0.2) is 0 Å². The number of nitrogens with two attached hydrogens (primary N) is 1. The molecule has 1 saturated heterocycles. The van der Waals surface area contributed by atoms with Gasteiger partial charge in [0.25, 0.3) is 0 Å². The Labute approximate surface area is 109 Å². The summed E-state index contributed by atoms with van der Waals surface area (Å²) in [6.45, 7) is 9.25. The molecule has 3 unspecified atom stereocenters. The predicted octanol–water partition coefficient (Wildman–Crippen LogP) is -0.0192. The van der Waals surface area contributed by atoms with Gasteiger partial charge in [0.15, 0.2) is 0 Å². The number of carbonyl (C=O) groups is 1. The quantitative estimate of drug-likeness (QED) is 0.750. The third kappa shape index (κ3) is 5.21. The van der Waals surface area contributed by atoms with Crippen LogP contribution in [0.2, 0.25) is 0 Å². The number of halogens is 1. The van der Waals surface area contributed by atoms with E-state index in [2.05, 4.69) is 17.1 Å². The number of nitrogens with one attached hydrogen (secondary N) is 1. The number of amides is 1. The largest absolute Gasteiger partial charge is 0.379 e. The maximum absolute atomic E-state index is 11.5. The number of rotatable bonds is 4. The van der Waals surface area contributed by atoms with Gasteiger partial charge in [-0.3, -0.25) is 9.69 Å². The maximum atomic E-state index is 11.5. The van der Waals surface area contributed by atoms with Crippen molar-refractivity contribution in [2.24, 2.45) is 5.73 Å². The van der Waals surface area contributed by atoms with Gasteiger partial charge in [0.2, 0.25) is 5.91 Å². The Morgan fingerprint density at radius 2 is 1.82 bits per heavy atom. The Balaban J connectivity index is 0.00000256. The number of hydrogen-bond acceptors (Lipinski definition) is 4. The molecule has 0 aromatic carbocycles. The molecule has 102 valence electrons. The summed E-state index contributed by atoms with van der Waals surface area (Å²) in [6, 6.07) is -0.0254. The topological polar surface area (TPSA) is 67.6 Å². The van der Waals surface area contributed by atoms with E-state index in [0.717, 1.165) is 26.3 Å². The van der Waals surface area contributed by atoms with Crippen LogP contribution < -0.4 is 11.1 Å². The zero-order valence-corrected chi connectivity index (χ0v) is 11.6. The second-order valence-electron chi connectivity index (χ2n) is 4.47. The van der Waals surface area contributed by atoms with E-state index in [4.69, 9.17) is 10.5 Å². The van der Waals surface area contributed by atoms with E-state index in [-0.39, 0.29) is 24.4 Å². The van der Waals surface area contributed by atoms with Crippen molar-refractivity contribution in [1.29, 1.82) is 0 Å². The van der Waals surface area contributed by atoms with Gasteiger partial charge in [-0.05, 0) is 20.8 Å². The van der Waals surface area contributed by atoms with E-state index in [1.807, 2.05) is 6.92 Å². The van der Waals surface area contributed by atoms with Gasteiger partial charge < -0.3 is 15.8 Å². The molecule has 3 N–H and O–H groups in total. The highest BCUT2D eigenvalue weighted by atomic mass is 35.5. The molecule has 1 aliphatic heterocycles. The van der Waals surface area contributed by atoms with E-state index < -0.39 is 6.04 Å². The summed E-state index contributed by atoms with van der Waals surface area (Å²) in [5.41, 5.74) is 5.52. The molecule has 0 aromatic heterocycles. The van der Waals surface area contributed by atoms with E-state index in [9.17, 15) is 4.79 Å². The smallest absolute Gasteiger partial charge is 0.236 e. The minimum Gasteiger partial charge on any atom is -0.379 e. The lowest BCUT2D eigenvalue weighted by molar-refractivity contribution is -0.123. The Morgan fingerprint density at radius 3 is 2.29 bits per heavy atom. The van der Waals surface area contributed by atoms with Crippen LogP contribution in [0.25, 0.3) is 0 Å². The minimum atomic E-state index is -0.445. The first-order valence-electron chi connectivity index (χ1n) is 5.90. The summed E-state index contributed by atoms with van der Waals surface area (Å²) < 4.78 is 5.30. The lowest BCUT2D eigenvalue weighted by Gasteiger charge is -2.36. The fourth-order valence-corrected chi connectivity index (χ4v) is 1.78. The van der Waals surface area contributed by atoms with Crippen molar-refractivity contribution < 1.29 is 9.53 Å². The van der Waals surface area contributed by atoms with E-state index >= 15 is 0 Å². The normalized spacial score (nSPS) is 22.1. The van der Waals surface area contributed by atoms with Crippen LogP contribution in [0.4, 0.5) is 0 Å². The minimum absolute atomic E-state index is 0. The first kappa shape index (κ1) is 16.6. The molecule has 0 spiro atoms. The summed E-state index contributed by atoms with van der Waals surface area (Å²) in [4.78, 5) is 13.8. The highest BCUT2D eigenvalue weighted by molar-refractivity contribution is 5.85. The third-order valence-corrected chi connectivity index (χ3v) is 3.13. The van der Waals surface area contributed by atoms with Gasteiger partial charge in [0.1, 0.15) is 0 Å². The summed E-state index contributed by atoms with van der Waals surface area (Å²) in [5, 5.41) is 2.93.